The van der Waals surface area contributed by atoms with Crippen molar-refractivity contribution in [1.82, 2.24) is 9.80 Å². The van der Waals surface area contributed by atoms with Gasteiger partial charge in [-0.25, -0.2) is 0 Å². The van der Waals surface area contributed by atoms with E-state index in [-0.39, 0.29) is 5.91 Å². The number of hydrogen-bond donors (Lipinski definition) is 0. The van der Waals surface area contributed by atoms with Crippen molar-refractivity contribution in [2.45, 2.75) is 27.2 Å². The van der Waals surface area contributed by atoms with Crippen molar-refractivity contribution in [2.24, 2.45) is 0 Å². The van der Waals surface area contributed by atoms with E-state index < -0.39 is 0 Å². The zero-order valence-electron chi connectivity index (χ0n) is 13.7. The highest BCUT2D eigenvalue weighted by Gasteiger charge is 2.21. The molecule has 1 amide bonds. The smallest absolute Gasteiger partial charge is 0.227 e. The van der Waals surface area contributed by atoms with Crippen molar-refractivity contribution in [1.29, 1.82) is 0 Å². The number of rotatable bonds is 3. The normalized spacial score (nSPS) is 16.4. The van der Waals surface area contributed by atoms with Gasteiger partial charge in [-0.3, -0.25) is 4.79 Å². The summed E-state index contributed by atoms with van der Waals surface area (Å²) in [6.07, 6.45) is 2.17. The second-order valence-corrected chi connectivity index (χ2v) is 6.19. The van der Waals surface area contributed by atoms with E-state index in [1.54, 1.807) is 6.26 Å². The van der Waals surface area contributed by atoms with Crippen molar-refractivity contribution < 1.29 is 9.21 Å². The van der Waals surface area contributed by atoms with Crippen molar-refractivity contribution in [3.05, 3.63) is 35.1 Å². The molecule has 4 heteroatoms. The number of benzene rings is 1. The van der Waals surface area contributed by atoms with Gasteiger partial charge in [0.1, 0.15) is 5.58 Å². The molecule has 1 aromatic heterocycles. The first-order chi connectivity index (χ1) is 10.6. The standard InChI is InChI=1S/C18H24N2O2/c1-4-19-5-7-20(8-6-19)18(21)11-15-12-22-17-10-14(3)13(2)9-16(15)17/h9-10,12H,4-8,11H2,1-3H3. The SMILES string of the molecule is CCN1CCN(C(=O)Cc2coc3cc(C)c(C)cc23)CC1. The van der Waals surface area contributed by atoms with E-state index in [1.807, 2.05) is 4.90 Å². The third kappa shape index (κ3) is 2.88. The maximum absolute atomic E-state index is 12.5. The summed E-state index contributed by atoms with van der Waals surface area (Å²) in [5.74, 6) is 0.205. The van der Waals surface area contributed by atoms with Gasteiger partial charge in [0.2, 0.25) is 5.91 Å². The molecule has 22 heavy (non-hydrogen) atoms. The van der Waals surface area contributed by atoms with Crippen LogP contribution < -0.4 is 0 Å². The van der Waals surface area contributed by atoms with Crippen molar-refractivity contribution >= 4 is 16.9 Å². The molecular formula is C18H24N2O2. The molecule has 0 bridgehead atoms. The minimum absolute atomic E-state index is 0.205. The molecule has 3 rings (SSSR count). The van der Waals surface area contributed by atoms with E-state index in [9.17, 15) is 4.79 Å². The van der Waals surface area contributed by atoms with Gasteiger partial charge >= 0.3 is 0 Å². The average Bonchev–Trinajstić information content (AvgIpc) is 2.90. The van der Waals surface area contributed by atoms with Crippen LogP contribution in [0.4, 0.5) is 0 Å². The summed E-state index contributed by atoms with van der Waals surface area (Å²) in [7, 11) is 0. The lowest BCUT2D eigenvalue weighted by Gasteiger charge is -2.34. The van der Waals surface area contributed by atoms with Gasteiger partial charge in [0.25, 0.3) is 0 Å². The highest BCUT2D eigenvalue weighted by molar-refractivity contribution is 5.88. The average molecular weight is 300 g/mol. The third-order valence-corrected chi connectivity index (χ3v) is 4.78. The molecule has 1 aliphatic heterocycles. The van der Waals surface area contributed by atoms with Crippen molar-refractivity contribution in [3.63, 3.8) is 0 Å². The van der Waals surface area contributed by atoms with E-state index >= 15 is 0 Å². The van der Waals surface area contributed by atoms with Crippen molar-refractivity contribution in [3.8, 4) is 0 Å². The monoisotopic (exact) mass is 300 g/mol. The van der Waals surface area contributed by atoms with Gasteiger partial charge in [0, 0.05) is 37.1 Å². The van der Waals surface area contributed by atoms with Gasteiger partial charge in [-0.05, 0) is 43.7 Å². The van der Waals surface area contributed by atoms with E-state index in [4.69, 9.17) is 4.42 Å². The molecule has 0 spiro atoms. The lowest BCUT2D eigenvalue weighted by atomic mass is 10.0. The molecule has 0 aliphatic carbocycles. The summed E-state index contributed by atoms with van der Waals surface area (Å²) in [6, 6.07) is 4.18. The minimum Gasteiger partial charge on any atom is -0.464 e. The van der Waals surface area contributed by atoms with Gasteiger partial charge in [0.15, 0.2) is 0 Å². The summed E-state index contributed by atoms with van der Waals surface area (Å²) >= 11 is 0. The summed E-state index contributed by atoms with van der Waals surface area (Å²) in [5.41, 5.74) is 4.33. The largest absolute Gasteiger partial charge is 0.464 e. The Morgan fingerprint density at radius 1 is 1.14 bits per heavy atom. The van der Waals surface area contributed by atoms with Gasteiger partial charge < -0.3 is 14.2 Å². The number of furan rings is 1. The maximum atomic E-state index is 12.5. The lowest BCUT2D eigenvalue weighted by Crippen LogP contribution is -2.48. The Bertz CT molecular complexity index is 682. The fourth-order valence-electron chi connectivity index (χ4n) is 3.06. The van der Waals surface area contributed by atoms with Gasteiger partial charge in [-0.1, -0.05) is 6.92 Å². The minimum atomic E-state index is 0.205. The van der Waals surface area contributed by atoms with E-state index in [0.717, 1.165) is 49.3 Å². The second-order valence-electron chi connectivity index (χ2n) is 6.19. The molecule has 1 fully saturated rings. The molecule has 0 radical (unpaired) electrons. The first kappa shape index (κ1) is 15.1. The zero-order chi connectivity index (χ0) is 15.7. The number of likely N-dealkylation sites (N-methyl/N-ethyl adjacent to an activating group) is 1. The van der Waals surface area contributed by atoms with Crippen LogP contribution in [0.15, 0.2) is 22.8 Å². The van der Waals surface area contributed by atoms with E-state index in [1.165, 1.54) is 11.1 Å². The number of nitrogens with zero attached hydrogens (tertiary/aromatic N) is 2. The number of hydrogen-bond acceptors (Lipinski definition) is 3. The number of fused-ring (bicyclic) bond motifs is 1. The van der Waals surface area contributed by atoms with Crippen LogP contribution in [0.5, 0.6) is 0 Å². The summed E-state index contributed by atoms with van der Waals surface area (Å²) in [4.78, 5) is 16.9. The van der Waals surface area contributed by atoms with Crippen LogP contribution in [0.2, 0.25) is 0 Å². The molecule has 1 aromatic carbocycles. The van der Waals surface area contributed by atoms with Crippen LogP contribution in [0.3, 0.4) is 0 Å². The molecule has 0 unspecified atom stereocenters. The molecule has 1 aliphatic rings. The highest BCUT2D eigenvalue weighted by Crippen LogP contribution is 2.25. The number of aryl methyl sites for hydroxylation is 2. The van der Waals surface area contributed by atoms with Crippen LogP contribution in [0.1, 0.15) is 23.6 Å². The topological polar surface area (TPSA) is 36.7 Å². The van der Waals surface area contributed by atoms with Crippen LogP contribution in [0, 0.1) is 13.8 Å². The highest BCUT2D eigenvalue weighted by atomic mass is 16.3. The molecule has 118 valence electrons. The molecule has 0 saturated carbocycles. The Kier molecular flexibility index (Phi) is 4.21. The summed E-state index contributed by atoms with van der Waals surface area (Å²) in [6.45, 7) is 11.0. The van der Waals surface area contributed by atoms with Gasteiger partial charge in [-0.2, -0.15) is 0 Å². The molecule has 2 heterocycles. The third-order valence-electron chi connectivity index (χ3n) is 4.78. The van der Waals surface area contributed by atoms with Crippen LogP contribution in [-0.2, 0) is 11.2 Å². The first-order valence-electron chi connectivity index (χ1n) is 8.06. The predicted octanol–water partition coefficient (Wildman–Crippen LogP) is 2.76. The second kappa shape index (κ2) is 6.13. The number of piperazine rings is 1. The van der Waals surface area contributed by atoms with Crippen LogP contribution in [-0.4, -0.2) is 48.4 Å². The molecule has 2 aromatic rings. The number of carbonyl (C=O) groups is 1. The lowest BCUT2D eigenvalue weighted by molar-refractivity contribution is -0.132. The molecule has 0 atom stereocenters. The maximum Gasteiger partial charge on any atom is 0.227 e. The number of carbonyl (C=O) groups excluding carboxylic acids is 1. The Morgan fingerprint density at radius 3 is 2.50 bits per heavy atom. The summed E-state index contributed by atoms with van der Waals surface area (Å²) in [5, 5.41) is 1.07. The van der Waals surface area contributed by atoms with Gasteiger partial charge in [-0.15, -0.1) is 0 Å². The Hall–Kier alpha value is -1.81. The predicted molar refractivity (Wildman–Crippen MR) is 88.1 cm³/mol. The molecular weight excluding hydrogens is 276 g/mol. The van der Waals surface area contributed by atoms with E-state index in [2.05, 4.69) is 37.8 Å². The Labute approximate surface area is 131 Å². The molecule has 4 nitrogen and oxygen atoms in total. The molecule has 0 N–H and O–H groups in total. The Morgan fingerprint density at radius 2 is 1.82 bits per heavy atom. The Balaban J connectivity index is 1.73. The first-order valence-corrected chi connectivity index (χ1v) is 8.06. The molecule has 1 saturated heterocycles. The van der Waals surface area contributed by atoms with Crippen molar-refractivity contribution in [2.75, 3.05) is 32.7 Å². The van der Waals surface area contributed by atoms with Crippen LogP contribution in [0.25, 0.3) is 11.0 Å². The quantitative estimate of drug-likeness (QED) is 0.874. The van der Waals surface area contributed by atoms with E-state index in [0.29, 0.717) is 6.42 Å². The van der Waals surface area contributed by atoms with Crippen LogP contribution >= 0.6 is 0 Å². The fraction of sp³-hybridized carbons (Fsp3) is 0.500. The van der Waals surface area contributed by atoms with Gasteiger partial charge in [0.05, 0.1) is 12.7 Å². The fourth-order valence-corrected chi connectivity index (χ4v) is 3.06. The number of amides is 1. The summed E-state index contributed by atoms with van der Waals surface area (Å²) < 4.78 is 5.63. The zero-order valence-corrected chi connectivity index (χ0v) is 13.7.